The minimum atomic E-state index is -0.510. The number of benzene rings is 1. The van der Waals surface area contributed by atoms with E-state index >= 15 is 0 Å². The van der Waals surface area contributed by atoms with Crippen molar-refractivity contribution in [3.05, 3.63) is 29.8 Å². The highest BCUT2D eigenvalue weighted by atomic mass is 32.2. The lowest BCUT2D eigenvalue weighted by Crippen LogP contribution is -2.45. The average molecular weight is 280 g/mol. The quantitative estimate of drug-likeness (QED) is 0.896. The standard InChI is InChI=1S/C13H16N2O3S/c1-2-18-10-5-3-9(4-6-10)13(17)15-8-19-7-11(15)12(14)16/h3-6,11H,2,7-8H2,1H3,(H2,14,16)/t11-/m0/s1. The van der Waals surface area contributed by atoms with Crippen molar-refractivity contribution < 1.29 is 14.3 Å². The molecule has 0 bridgehead atoms. The first kappa shape index (κ1) is 13.7. The predicted molar refractivity (Wildman–Crippen MR) is 74.1 cm³/mol. The van der Waals surface area contributed by atoms with Crippen molar-refractivity contribution in [1.29, 1.82) is 0 Å². The van der Waals surface area contributed by atoms with E-state index in [1.54, 1.807) is 24.3 Å². The normalized spacial score (nSPS) is 18.4. The van der Waals surface area contributed by atoms with E-state index in [-0.39, 0.29) is 5.91 Å². The van der Waals surface area contributed by atoms with Crippen molar-refractivity contribution in [1.82, 2.24) is 4.90 Å². The van der Waals surface area contributed by atoms with Crippen molar-refractivity contribution in [2.75, 3.05) is 18.2 Å². The zero-order chi connectivity index (χ0) is 13.8. The molecule has 0 unspecified atom stereocenters. The maximum Gasteiger partial charge on any atom is 0.255 e. The van der Waals surface area contributed by atoms with Crippen LogP contribution in [0.4, 0.5) is 0 Å². The summed E-state index contributed by atoms with van der Waals surface area (Å²) in [6.07, 6.45) is 0. The summed E-state index contributed by atoms with van der Waals surface area (Å²) in [5.41, 5.74) is 5.84. The molecule has 0 saturated carbocycles. The lowest BCUT2D eigenvalue weighted by molar-refractivity contribution is -0.121. The Labute approximate surface area is 116 Å². The van der Waals surface area contributed by atoms with E-state index in [2.05, 4.69) is 0 Å². The van der Waals surface area contributed by atoms with Crippen LogP contribution in [-0.2, 0) is 4.79 Å². The van der Waals surface area contributed by atoms with Crippen LogP contribution in [0.15, 0.2) is 24.3 Å². The summed E-state index contributed by atoms with van der Waals surface area (Å²) < 4.78 is 5.32. The van der Waals surface area contributed by atoms with Gasteiger partial charge in [0.2, 0.25) is 5.91 Å². The zero-order valence-electron chi connectivity index (χ0n) is 10.7. The van der Waals surface area contributed by atoms with Crippen molar-refractivity contribution >= 4 is 23.6 Å². The highest BCUT2D eigenvalue weighted by Crippen LogP contribution is 2.23. The number of ether oxygens (including phenoxy) is 1. The number of carbonyl (C=O) groups is 2. The fourth-order valence-corrected chi connectivity index (χ4v) is 3.07. The fourth-order valence-electron chi connectivity index (χ4n) is 1.90. The Bertz CT molecular complexity index is 475. The number of nitrogens with two attached hydrogens (primary N) is 1. The molecule has 19 heavy (non-hydrogen) atoms. The molecule has 1 fully saturated rings. The molecular weight excluding hydrogens is 264 g/mol. The van der Waals surface area contributed by atoms with Gasteiger partial charge in [-0.2, -0.15) is 0 Å². The third-order valence-corrected chi connectivity index (χ3v) is 3.90. The van der Waals surface area contributed by atoms with Crippen LogP contribution in [0.1, 0.15) is 17.3 Å². The zero-order valence-corrected chi connectivity index (χ0v) is 11.5. The molecule has 0 aromatic heterocycles. The first-order chi connectivity index (χ1) is 9.13. The number of primary amides is 1. The summed E-state index contributed by atoms with van der Waals surface area (Å²) in [4.78, 5) is 25.1. The number of thioether (sulfide) groups is 1. The SMILES string of the molecule is CCOc1ccc(C(=O)N2CSC[C@H]2C(N)=O)cc1. The molecule has 2 amide bonds. The maximum absolute atomic E-state index is 12.3. The minimum absolute atomic E-state index is 0.170. The van der Waals surface area contributed by atoms with Gasteiger partial charge in [0, 0.05) is 11.3 Å². The first-order valence-electron chi connectivity index (χ1n) is 6.04. The second kappa shape index (κ2) is 5.97. The molecule has 0 spiro atoms. The largest absolute Gasteiger partial charge is 0.494 e. The summed E-state index contributed by atoms with van der Waals surface area (Å²) in [7, 11) is 0. The van der Waals surface area contributed by atoms with Gasteiger partial charge in [-0.25, -0.2) is 0 Å². The summed E-state index contributed by atoms with van der Waals surface area (Å²) in [6, 6.07) is 6.39. The second-order valence-corrected chi connectivity index (χ2v) is 5.15. The van der Waals surface area contributed by atoms with E-state index in [4.69, 9.17) is 10.5 Å². The number of nitrogens with zero attached hydrogens (tertiary/aromatic N) is 1. The number of hydrogen-bond donors (Lipinski definition) is 1. The lowest BCUT2D eigenvalue weighted by atomic mass is 10.1. The van der Waals surface area contributed by atoms with Crippen molar-refractivity contribution in [3.63, 3.8) is 0 Å². The van der Waals surface area contributed by atoms with Gasteiger partial charge < -0.3 is 15.4 Å². The topological polar surface area (TPSA) is 72.6 Å². The van der Waals surface area contributed by atoms with E-state index in [0.717, 1.165) is 5.75 Å². The molecule has 1 aliphatic rings. The second-order valence-electron chi connectivity index (χ2n) is 4.15. The molecule has 5 nitrogen and oxygen atoms in total. The minimum Gasteiger partial charge on any atom is -0.494 e. The Morgan fingerprint density at radius 1 is 1.42 bits per heavy atom. The maximum atomic E-state index is 12.3. The van der Waals surface area contributed by atoms with Crippen molar-refractivity contribution in [3.8, 4) is 5.75 Å². The Morgan fingerprint density at radius 3 is 2.68 bits per heavy atom. The van der Waals surface area contributed by atoms with E-state index in [0.29, 0.717) is 23.8 Å². The monoisotopic (exact) mass is 280 g/mol. The van der Waals surface area contributed by atoms with Crippen LogP contribution in [-0.4, -0.2) is 41.0 Å². The van der Waals surface area contributed by atoms with E-state index < -0.39 is 11.9 Å². The van der Waals surface area contributed by atoms with Crippen LogP contribution in [0.25, 0.3) is 0 Å². The van der Waals surface area contributed by atoms with E-state index in [9.17, 15) is 9.59 Å². The van der Waals surface area contributed by atoms with Crippen LogP contribution in [0.5, 0.6) is 5.75 Å². The first-order valence-corrected chi connectivity index (χ1v) is 7.20. The van der Waals surface area contributed by atoms with Gasteiger partial charge in [-0.3, -0.25) is 9.59 Å². The van der Waals surface area contributed by atoms with Gasteiger partial charge in [-0.05, 0) is 31.2 Å². The van der Waals surface area contributed by atoms with Gasteiger partial charge in [-0.15, -0.1) is 11.8 Å². The molecule has 6 heteroatoms. The molecular formula is C13H16N2O3S. The summed E-state index contributed by atoms with van der Waals surface area (Å²) in [6.45, 7) is 2.48. The molecule has 102 valence electrons. The molecule has 0 aliphatic carbocycles. The van der Waals surface area contributed by atoms with Crippen molar-refractivity contribution in [2.24, 2.45) is 5.73 Å². The molecule has 1 aliphatic heterocycles. The highest BCUT2D eigenvalue weighted by Gasteiger charge is 2.33. The third kappa shape index (κ3) is 3.01. The van der Waals surface area contributed by atoms with Gasteiger partial charge >= 0.3 is 0 Å². The van der Waals surface area contributed by atoms with Crippen LogP contribution in [0.3, 0.4) is 0 Å². The average Bonchev–Trinajstić information content (AvgIpc) is 2.88. The third-order valence-electron chi connectivity index (χ3n) is 2.88. The number of carbonyl (C=O) groups excluding carboxylic acids is 2. The Hall–Kier alpha value is -1.69. The Balaban J connectivity index is 2.12. The van der Waals surface area contributed by atoms with Crippen LogP contribution < -0.4 is 10.5 Å². The van der Waals surface area contributed by atoms with E-state index in [1.165, 1.54) is 16.7 Å². The molecule has 1 heterocycles. The Morgan fingerprint density at radius 2 is 2.11 bits per heavy atom. The predicted octanol–water partition coefficient (Wildman–Crippen LogP) is 1.09. The molecule has 1 aromatic carbocycles. The van der Waals surface area contributed by atoms with Gasteiger partial charge in [0.05, 0.1) is 12.5 Å². The number of rotatable bonds is 4. The van der Waals surface area contributed by atoms with Gasteiger partial charge in [0.15, 0.2) is 0 Å². The molecule has 0 radical (unpaired) electrons. The van der Waals surface area contributed by atoms with Crippen LogP contribution in [0, 0.1) is 0 Å². The van der Waals surface area contributed by atoms with Gasteiger partial charge in [0.25, 0.3) is 5.91 Å². The number of amides is 2. The van der Waals surface area contributed by atoms with Crippen LogP contribution >= 0.6 is 11.8 Å². The smallest absolute Gasteiger partial charge is 0.255 e. The summed E-state index contributed by atoms with van der Waals surface area (Å²) in [5, 5.41) is 0. The lowest BCUT2D eigenvalue weighted by Gasteiger charge is -2.21. The van der Waals surface area contributed by atoms with Gasteiger partial charge in [0.1, 0.15) is 11.8 Å². The Kier molecular flexibility index (Phi) is 4.31. The van der Waals surface area contributed by atoms with Crippen molar-refractivity contribution in [2.45, 2.75) is 13.0 Å². The molecule has 1 aromatic rings. The van der Waals surface area contributed by atoms with Gasteiger partial charge in [-0.1, -0.05) is 0 Å². The number of hydrogen-bond acceptors (Lipinski definition) is 4. The summed E-state index contributed by atoms with van der Waals surface area (Å²) >= 11 is 1.53. The molecule has 2 rings (SSSR count). The molecule has 2 N–H and O–H groups in total. The molecule has 1 saturated heterocycles. The van der Waals surface area contributed by atoms with Crippen LogP contribution in [0.2, 0.25) is 0 Å². The summed E-state index contributed by atoms with van der Waals surface area (Å²) in [5.74, 6) is 1.17. The van der Waals surface area contributed by atoms with E-state index in [1.807, 2.05) is 6.92 Å². The molecule has 1 atom stereocenters. The highest BCUT2D eigenvalue weighted by molar-refractivity contribution is 7.99. The fraction of sp³-hybridized carbons (Fsp3) is 0.385.